The summed E-state index contributed by atoms with van der Waals surface area (Å²) in [6, 6.07) is 0. The fourth-order valence-corrected chi connectivity index (χ4v) is 1.34. The van der Waals surface area contributed by atoms with Gasteiger partial charge in [0, 0.05) is 17.7 Å². The van der Waals surface area contributed by atoms with Crippen LogP contribution in [0.15, 0.2) is 12.4 Å². The van der Waals surface area contributed by atoms with E-state index in [1.807, 2.05) is 0 Å². The number of carbonyl (C=O) groups is 1. The molecule has 1 rings (SSSR count). The Balaban J connectivity index is 3.08. The van der Waals surface area contributed by atoms with Gasteiger partial charge in [0.05, 0.1) is 0 Å². The summed E-state index contributed by atoms with van der Waals surface area (Å²) in [6.07, 6.45) is 3.41. The molecule has 0 radical (unpaired) electrons. The number of hydrogen-bond acceptors (Lipinski definition) is 4. The first-order valence-electron chi connectivity index (χ1n) is 3.37. The van der Waals surface area contributed by atoms with Gasteiger partial charge in [-0.25, -0.2) is 9.97 Å². The number of hydrogen-bond donors (Lipinski definition) is 0. The van der Waals surface area contributed by atoms with Gasteiger partial charge in [-0.3, -0.25) is 4.79 Å². The molecule has 0 fully saturated rings. The third kappa shape index (κ3) is 1.98. The van der Waals surface area contributed by atoms with Crippen molar-refractivity contribution in [2.24, 2.45) is 0 Å². The zero-order valence-electron chi connectivity index (χ0n) is 6.89. The third-order valence-electron chi connectivity index (χ3n) is 1.39. The Kier molecular flexibility index (Phi) is 2.38. The summed E-state index contributed by atoms with van der Waals surface area (Å²) in [4.78, 5) is 17.6. The van der Waals surface area contributed by atoms with Crippen LogP contribution in [0, 0.1) is 0 Å². The average molecular weight is 184 g/mol. The van der Waals surface area contributed by atoms with E-state index in [0.29, 0.717) is 11.6 Å². The molecule has 0 unspecified atom stereocenters. The zero-order valence-corrected chi connectivity index (χ0v) is 7.78. The van der Waals surface area contributed by atoms with Gasteiger partial charge < -0.3 is 4.57 Å². The highest BCUT2D eigenvalue weighted by Crippen LogP contribution is 2.33. The van der Waals surface area contributed by atoms with Crippen molar-refractivity contribution in [3.63, 3.8) is 0 Å². The Labute approximate surface area is 70.4 Å². The van der Waals surface area contributed by atoms with Crippen LogP contribution in [0.25, 0.3) is 0 Å². The number of rotatable bonds is 2. The van der Waals surface area contributed by atoms with Gasteiger partial charge in [-0.15, -0.1) is 0 Å². The maximum absolute atomic E-state index is 11.4. The Morgan fingerprint density at radius 1 is 1.33 bits per heavy atom. The van der Waals surface area contributed by atoms with Crippen LogP contribution < -0.4 is 5.30 Å². The van der Waals surface area contributed by atoms with Crippen molar-refractivity contribution >= 4 is 18.7 Å². The van der Waals surface area contributed by atoms with Gasteiger partial charge in [0.25, 0.3) is 0 Å². The summed E-state index contributed by atoms with van der Waals surface area (Å²) in [5.74, 6) is 0.118. The number of carbonyl (C=O) groups excluding carboxylic acids is 1. The van der Waals surface area contributed by atoms with Crippen LogP contribution in [0.3, 0.4) is 0 Å². The molecule has 1 aromatic heterocycles. The predicted octanol–water partition coefficient (Wildman–Crippen LogP) is 0.537. The summed E-state index contributed by atoms with van der Waals surface area (Å²) in [5, 5.41) is 0.591. The van der Waals surface area contributed by atoms with Crippen LogP contribution in [0.4, 0.5) is 0 Å². The summed E-state index contributed by atoms with van der Waals surface area (Å²) in [5.41, 5.74) is 0. The quantitative estimate of drug-likeness (QED) is 0.497. The fraction of sp³-hybridized carbons (Fsp3) is 0.286. The summed E-state index contributed by atoms with van der Waals surface area (Å²) in [7, 11) is -2.29. The lowest BCUT2D eigenvalue weighted by Crippen LogP contribution is -2.07. The molecule has 0 saturated carbocycles. The lowest BCUT2D eigenvalue weighted by molar-refractivity contribution is 0.111. The van der Waals surface area contributed by atoms with Crippen molar-refractivity contribution in [1.82, 2.24) is 9.97 Å². The predicted molar refractivity (Wildman–Crippen MR) is 46.5 cm³/mol. The molecule has 5 heteroatoms. The van der Waals surface area contributed by atoms with Gasteiger partial charge >= 0.3 is 0 Å². The monoisotopic (exact) mass is 184 g/mol. The minimum Gasteiger partial charge on any atom is -0.319 e. The molecule has 0 aliphatic carbocycles. The second-order valence-electron chi connectivity index (χ2n) is 2.77. The Hall–Kier alpha value is -1.02. The van der Waals surface area contributed by atoms with Crippen molar-refractivity contribution in [2.75, 3.05) is 13.3 Å². The molecular formula is C7H9N2O2P. The largest absolute Gasteiger partial charge is 0.319 e. The van der Waals surface area contributed by atoms with Crippen LogP contribution in [-0.2, 0) is 4.57 Å². The minimum atomic E-state index is -2.29. The van der Waals surface area contributed by atoms with Gasteiger partial charge in [0.1, 0.15) is 7.14 Å². The van der Waals surface area contributed by atoms with E-state index in [-0.39, 0.29) is 5.82 Å². The molecule has 0 aromatic carbocycles. The van der Waals surface area contributed by atoms with E-state index in [4.69, 9.17) is 0 Å². The lowest BCUT2D eigenvalue weighted by Gasteiger charge is -2.03. The van der Waals surface area contributed by atoms with Crippen LogP contribution in [0.1, 0.15) is 10.6 Å². The number of aldehydes is 1. The molecule has 0 aliphatic rings. The molecule has 1 aromatic rings. The lowest BCUT2D eigenvalue weighted by atomic mass is 10.6. The topological polar surface area (TPSA) is 59.9 Å². The number of aromatic nitrogens is 2. The first kappa shape index (κ1) is 9.07. The molecule has 0 aliphatic heterocycles. The van der Waals surface area contributed by atoms with Crippen LogP contribution in [0.2, 0.25) is 0 Å². The molecule has 0 atom stereocenters. The van der Waals surface area contributed by atoms with Gasteiger partial charge in [-0.2, -0.15) is 0 Å². The van der Waals surface area contributed by atoms with E-state index >= 15 is 0 Å². The maximum atomic E-state index is 11.4. The standard InChI is InChI=1S/C7H9N2O2P/c1-12(2,11)6-3-8-7(5-10)9-4-6/h3-5H,1-2H3. The normalized spacial score (nSPS) is 11.2. The second kappa shape index (κ2) is 3.15. The highest BCUT2D eigenvalue weighted by molar-refractivity contribution is 7.70. The molecule has 12 heavy (non-hydrogen) atoms. The first-order valence-corrected chi connectivity index (χ1v) is 5.97. The highest BCUT2D eigenvalue weighted by atomic mass is 31.2. The van der Waals surface area contributed by atoms with Crippen LogP contribution in [-0.4, -0.2) is 29.6 Å². The van der Waals surface area contributed by atoms with Crippen molar-refractivity contribution in [3.05, 3.63) is 18.2 Å². The molecule has 0 saturated heterocycles. The smallest absolute Gasteiger partial charge is 0.192 e. The first-order chi connectivity index (χ1) is 5.54. The van der Waals surface area contributed by atoms with Gasteiger partial charge in [-0.05, 0) is 13.3 Å². The summed E-state index contributed by atoms with van der Waals surface area (Å²) < 4.78 is 11.4. The average Bonchev–Trinajstić information content (AvgIpc) is 2.03. The van der Waals surface area contributed by atoms with Crippen LogP contribution in [0.5, 0.6) is 0 Å². The Bertz CT molecular complexity index is 328. The second-order valence-corrected chi connectivity index (χ2v) is 5.99. The zero-order chi connectivity index (χ0) is 9.19. The van der Waals surface area contributed by atoms with Gasteiger partial charge in [0.15, 0.2) is 12.1 Å². The fourth-order valence-electron chi connectivity index (χ4n) is 0.670. The molecule has 64 valence electrons. The van der Waals surface area contributed by atoms with Crippen molar-refractivity contribution in [2.45, 2.75) is 0 Å². The van der Waals surface area contributed by atoms with E-state index < -0.39 is 7.14 Å². The maximum Gasteiger partial charge on any atom is 0.192 e. The van der Waals surface area contributed by atoms with E-state index in [1.54, 1.807) is 13.3 Å². The molecule has 4 nitrogen and oxygen atoms in total. The summed E-state index contributed by atoms with van der Waals surface area (Å²) >= 11 is 0. The third-order valence-corrected chi connectivity index (χ3v) is 2.86. The van der Waals surface area contributed by atoms with Crippen molar-refractivity contribution in [3.8, 4) is 0 Å². The molecule has 0 spiro atoms. The van der Waals surface area contributed by atoms with E-state index in [9.17, 15) is 9.36 Å². The van der Waals surface area contributed by atoms with Gasteiger partial charge in [0.2, 0.25) is 0 Å². The SMILES string of the molecule is CP(C)(=O)c1cnc(C=O)nc1. The molecule has 0 bridgehead atoms. The van der Waals surface area contributed by atoms with E-state index in [1.165, 1.54) is 12.4 Å². The summed E-state index contributed by atoms with van der Waals surface area (Å²) in [6.45, 7) is 3.26. The Morgan fingerprint density at radius 3 is 2.17 bits per heavy atom. The molecule has 0 amide bonds. The Morgan fingerprint density at radius 2 is 1.83 bits per heavy atom. The van der Waals surface area contributed by atoms with E-state index in [0.717, 1.165) is 0 Å². The molecule has 0 N–H and O–H groups in total. The van der Waals surface area contributed by atoms with Gasteiger partial charge in [-0.1, -0.05) is 0 Å². The van der Waals surface area contributed by atoms with Crippen LogP contribution >= 0.6 is 7.14 Å². The molecular weight excluding hydrogens is 175 g/mol. The molecule has 1 heterocycles. The number of nitrogens with zero attached hydrogens (tertiary/aromatic N) is 2. The van der Waals surface area contributed by atoms with Crippen molar-refractivity contribution in [1.29, 1.82) is 0 Å². The highest BCUT2D eigenvalue weighted by Gasteiger charge is 2.11. The minimum absolute atomic E-state index is 0.118. The van der Waals surface area contributed by atoms with Crippen molar-refractivity contribution < 1.29 is 9.36 Å². The van der Waals surface area contributed by atoms with E-state index in [2.05, 4.69) is 9.97 Å².